The Hall–Kier alpha value is -1.39. The second kappa shape index (κ2) is 10.7. The lowest BCUT2D eigenvalue weighted by molar-refractivity contribution is 0.798. The highest BCUT2D eigenvalue weighted by molar-refractivity contribution is 14.0. The number of nitrogens with one attached hydrogen (secondary N) is 2. The zero-order valence-electron chi connectivity index (χ0n) is 14.4. The predicted molar refractivity (Wildman–Crippen MR) is 123 cm³/mol. The van der Waals surface area contributed by atoms with Gasteiger partial charge in [0.1, 0.15) is 0 Å². The van der Waals surface area contributed by atoms with E-state index in [1.807, 2.05) is 16.9 Å². The number of hydrogen-bond donors (Lipinski definition) is 2. The van der Waals surface area contributed by atoms with Crippen LogP contribution in [0, 0.1) is 0 Å². The van der Waals surface area contributed by atoms with Crippen LogP contribution in [0.4, 0.5) is 0 Å². The molecule has 2 heterocycles. The van der Waals surface area contributed by atoms with Gasteiger partial charge in [-0.1, -0.05) is 12.1 Å². The number of benzene rings is 1. The molecule has 5 nitrogen and oxygen atoms in total. The molecule has 3 rings (SSSR count). The van der Waals surface area contributed by atoms with Crippen LogP contribution in [0.3, 0.4) is 0 Å². The second-order valence-electron chi connectivity index (χ2n) is 5.45. The molecule has 26 heavy (non-hydrogen) atoms. The number of rotatable bonds is 6. The molecule has 0 radical (unpaired) electrons. The molecule has 0 aliphatic heterocycles. The van der Waals surface area contributed by atoms with E-state index in [0.717, 1.165) is 35.6 Å². The van der Waals surface area contributed by atoms with E-state index >= 15 is 0 Å². The van der Waals surface area contributed by atoms with Crippen molar-refractivity contribution in [3.63, 3.8) is 0 Å². The third kappa shape index (κ3) is 6.10. The maximum atomic E-state index is 4.26. The average molecular weight is 546 g/mol. The van der Waals surface area contributed by atoms with Crippen LogP contribution in [0.1, 0.15) is 10.4 Å². The number of thiophene rings is 1. The third-order valence-electron chi connectivity index (χ3n) is 3.69. The fraction of sp³-hybridized carbons (Fsp3) is 0.222. The van der Waals surface area contributed by atoms with E-state index in [1.54, 1.807) is 24.6 Å². The van der Waals surface area contributed by atoms with E-state index in [0.29, 0.717) is 0 Å². The highest BCUT2D eigenvalue weighted by atomic mass is 127. The van der Waals surface area contributed by atoms with E-state index in [2.05, 4.69) is 72.4 Å². The first kappa shape index (κ1) is 20.9. The van der Waals surface area contributed by atoms with E-state index in [9.17, 15) is 0 Å². The van der Waals surface area contributed by atoms with Gasteiger partial charge in [-0.3, -0.25) is 4.99 Å². The van der Waals surface area contributed by atoms with Crippen LogP contribution >= 0.6 is 51.2 Å². The minimum Gasteiger partial charge on any atom is -0.356 e. The van der Waals surface area contributed by atoms with Gasteiger partial charge in [-0.15, -0.1) is 35.3 Å². The summed E-state index contributed by atoms with van der Waals surface area (Å²) < 4.78 is 2.98. The lowest BCUT2D eigenvalue weighted by Crippen LogP contribution is -2.37. The minimum atomic E-state index is 0. The quantitative estimate of drug-likeness (QED) is 0.277. The van der Waals surface area contributed by atoms with Gasteiger partial charge >= 0.3 is 0 Å². The Morgan fingerprint density at radius 2 is 2.08 bits per heavy atom. The Morgan fingerprint density at radius 3 is 2.69 bits per heavy atom. The van der Waals surface area contributed by atoms with Crippen molar-refractivity contribution in [2.45, 2.75) is 13.0 Å². The Kier molecular flexibility index (Phi) is 8.60. The first-order chi connectivity index (χ1) is 12.2. The number of aromatic nitrogens is 2. The summed E-state index contributed by atoms with van der Waals surface area (Å²) in [7, 11) is 1.79. The van der Waals surface area contributed by atoms with Crippen molar-refractivity contribution in [3.8, 4) is 5.69 Å². The fourth-order valence-electron chi connectivity index (χ4n) is 2.40. The van der Waals surface area contributed by atoms with Gasteiger partial charge in [-0.05, 0) is 52.2 Å². The molecule has 2 N–H and O–H groups in total. The van der Waals surface area contributed by atoms with Crippen LogP contribution in [0.2, 0.25) is 0 Å². The van der Waals surface area contributed by atoms with Crippen molar-refractivity contribution in [1.29, 1.82) is 0 Å². The summed E-state index contributed by atoms with van der Waals surface area (Å²) >= 11 is 5.20. The molecular formula is C18H21BrIN5S. The minimum absolute atomic E-state index is 0. The number of guanidine groups is 1. The fourth-order valence-corrected chi connectivity index (χ4v) is 3.79. The molecule has 0 spiro atoms. The summed E-state index contributed by atoms with van der Waals surface area (Å²) in [6, 6.07) is 12.5. The highest BCUT2D eigenvalue weighted by Crippen LogP contribution is 2.19. The van der Waals surface area contributed by atoms with Gasteiger partial charge < -0.3 is 10.6 Å². The van der Waals surface area contributed by atoms with Crippen LogP contribution in [-0.2, 0) is 13.0 Å². The van der Waals surface area contributed by atoms with Crippen molar-refractivity contribution in [2.24, 2.45) is 4.99 Å². The molecule has 8 heteroatoms. The summed E-state index contributed by atoms with van der Waals surface area (Å²) in [6.45, 7) is 1.60. The highest BCUT2D eigenvalue weighted by Gasteiger charge is 2.02. The Morgan fingerprint density at radius 1 is 1.27 bits per heavy atom. The number of aliphatic imine (C=N–C) groups is 1. The van der Waals surface area contributed by atoms with Gasteiger partial charge in [0.15, 0.2) is 5.96 Å². The molecule has 1 aromatic carbocycles. The maximum absolute atomic E-state index is 4.26. The molecule has 0 fully saturated rings. The molecule has 0 aliphatic rings. The Labute approximate surface area is 183 Å². The van der Waals surface area contributed by atoms with Crippen LogP contribution in [0.25, 0.3) is 5.69 Å². The van der Waals surface area contributed by atoms with Crippen LogP contribution in [-0.4, -0.2) is 29.3 Å². The van der Waals surface area contributed by atoms with E-state index in [4.69, 9.17) is 0 Å². The summed E-state index contributed by atoms with van der Waals surface area (Å²) in [5, 5.41) is 13.0. The number of halogens is 2. The summed E-state index contributed by atoms with van der Waals surface area (Å²) in [5.41, 5.74) is 2.35. The third-order valence-corrected chi connectivity index (χ3v) is 5.38. The largest absolute Gasteiger partial charge is 0.356 e. The molecule has 3 aromatic rings. The van der Waals surface area contributed by atoms with E-state index in [-0.39, 0.29) is 24.0 Å². The second-order valence-corrected chi connectivity index (χ2v) is 7.36. The van der Waals surface area contributed by atoms with Crippen LogP contribution in [0.5, 0.6) is 0 Å². The molecular weight excluding hydrogens is 525 g/mol. The number of nitrogens with zero attached hydrogens (tertiary/aromatic N) is 3. The zero-order chi connectivity index (χ0) is 17.5. The van der Waals surface area contributed by atoms with E-state index in [1.165, 1.54) is 10.4 Å². The SMILES string of the molecule is CN=C(NCCc1ccc(-n2cccn2)cc1)NCc1cc(Br)cs1.I. The van der Waals surface area contributed by atoms with Gasteiger partial charge in [0.25, 0.3) is 0 Å². The average Bonchev–Trinajstić information content (AvgIpc) is 3.30. The van der Waals surface area contributed by atoms with Crippen molar-refractivity contribution in [2.75, 3.05) is 13.6 Å². The molecule has 0 atom stereocenters. The smallest absolute Gasteiger partial charge is 0.191 e. The van der Waals surface area contributed by atoms with Gasteiger partial charge in [0.2, 0.25) is 0 Å². The summed E-state index contributed by atoms with van der Waals surface area (Å²) in [4.78, 5) is 5.53. The van der Waals surface area contributed by atoms with Crippen molar-refractivity contribution in [1.82, 2.24) is 20.4 Å². The maximum Gasteiger partial charge on any atom is 0.191 e. The molecule has 0 bridgehead atoms. The van der Waals surface area contributed by atoms with Gasteiger partial charge in [-0.2, -0.15) is 5.10 Å². The molecule has 0 amide bonds. The van der Waals surface area contributed by atoms with E-state index < -0.39 is 0 Å². The number of hydrogen-bond acceptors (Lipinski definition) is 3. The first-order valence-electron chi connectivity index (χ1n) is 8.01. The van der Waals surface area contributed by atoms with Crippen LogP contribution < -0.4 is 10.6 Å². The Balaban J connectivity index is 0.00000243. The van der Waals surface area contributed by atoms with Gasteiger partial charge in [-0.25, -0.2) is 4.68 Å². The standard InChI is InChI=1S/C18H20BrN5S.HI/c1-20-18(22-12-17-11-15(19)13-25-17)21-9-7-14-3-5-16(6-4-14)24-10-2-8-23-24;/h2-6,8,10-11,13H,7,9,12H2,1H3,(H2,20,21,22);1H. The lowest BCUT2D eigenvalue weighted by Gasteiger charge is -2.11. The zero-order valence-corrected chi connectivity index (χ0v) is 19.1. The summed E-state index contributed by atoms with van der Waals surface area (Å²) in [6.07, 6.45) is 4.66. The molecule has 0 unspecified atom stereocenters. The Bertz CT molecular complexity index is 814. The van der Waals surface area contributed by atoms with Crippen molar-refractivity contribution in [3.05, 3.63) is 69.1 Å². The first-order valence-corrected chi connectivity index (χ1v) is 9.68. The van der Waals surface area contributed by atoms with Gasteiger partial charge in [0.05, 0.1) is 12.2 Å². The molecule has 0 saturated heterocycles. The molecule has 0 aliphatic carbocycles. The summed E-state index contributed by atoms with van der Waals surface area (Å²) in [5.74, 6) is 0.817. The normalized spacial score (nSPS) is 11.1. The predicted octanol–water partition coefficient (Wildman–Crippen LogP) is 4.22. The molecule has 0 saturated carbocycles. The monoisotopic (exact) mass is 545 g/mol. The van der Waals surface area contributed by atoms with Crippen molar-refractivity contribution < 1.29 is 0 Å². The lowest BCUT2D eigenvalue weighted by atomic mass is 10.1. The van der Waals surface area contributed by atoms with Crippen molar-refractivity contribution >= 4 is 57.2 Å². The van der Waals surface area contributed by atoms with Gasteiger partial charge in [0, 0.05) is 40.7 Å². The molecule has 138 valence electrons. The topological polar surface area (TPSA) is 54.2 Å². The molecule has 2 aromatic heterocycles. The van der Waals surface area contributed by atoms with Crippen LogP contribution in [0.15, 0.2) is 63.6 Å².